The maximum absolute atomic E-state index is 11.9. The maximum atomic E-state index is 11.9. The monoisotopic (exact) mass is 291 g/mol. The topological polar surface area (TPSA) is 85.6 Å². The van der Waals surface area contributed by atoms with Crippen molar-refractivity contribution in [2.75, 3.05) is 13.1 Å². The number of nitrogens with zero attached hydrogens (tertiary/aromatic N) is 3. The summed E-state index contributed by atoms with van der Waals surface area (Å²) in [6.07, 6.45) is 2.97. The SMILES string of the molecule is CC(C)(C)OC(=O)N1CC=C(c2ccc([N+](=O)[O-])nc2)C1. The molecule has 0 unspecified atom stereocenters. The van der Waals surface area contributed by atoms with Crippen LogP contribution < -0.4 is 0 Å². The van der Waals surface area contributed by atoms with E-state index in [4.69, 9.17) is 4.74 Å². The molecule has 21 heavy (non-hydrogen) atoms. The van der Waals surface area contributed by atoms with Crippen LogP contribution >= 0.6 is 0 Å². The molecule has 0 aromatic carbocycles. The lowest BCUT2D eigenvalue weighted by Gasteiger charge is -2.24. The van der Waals surface area contributed by atoms with E-state index in [-0.39, 0.29) is 11.9 Å². The summed E-state index contributed by atoms with van der Waals surface area (Å²) in [7, 11) is 0. The van der Waals surface area contributed by atoms with Crippen molar-refractivity contribution in [3.05, 3.63) is 40.1 Å². The molecule has 0 aliphatic carbocycles. The largest absolute Gasteiger partial charge is 0.444 e. The van der Waals surface area contributed by atoms with E-state index in [0.717, 1.165) is 11.1 Å². The zero-order chi connectivity index (χ0) is 15.6. The molecular formula is C14H17N3O4. The molecule has 0 radical (unpaired) electrons. The van der Waals surface area contributed by atoms with E-state index in [1.165, 1.54) is 12.3 Å². The first kappa shape index (κ1) is 15.0. The van der Waals surface area contributed by atoms with Crippen LogP contribution in [0.5, 0.6) is 0 Å². The number of carbonyl (C=O) groups excluding carboxylic acids is 1. The summed E-state index contributed by atoms with van der Waals surface area (Å²) in [5.41, 5.74) is 1.14. The van der Waals surface area contributed by atoms with Gasteiger partial charge in [0.15, 0.2) is 0 Å². The van der Waals surface area contributed by atoms with Crippen molar-refractivity contribution in [3.8, 4) is 0 Å². The van der Waals surface area contributed by atoms with Crippen molar-refractivity contribution < 1.29 is 14.5 Å². The Morgan fingerprint density at radius 2 is 2.14 bits per heavy atom. The van der Waals surface area contributed by atoms with Gasteiger partial charge in [0.2, 0.25) is 0 Å². The number of rotatable bonds is 2. The van der Waals surface area contributed by atoms with E-state index < -0.39 is 10.5 Å². The van der Waals surface area contributed by atoms with Gasteiger partial charge in [-0.3, -0.25) is 0 Å². The Balaban J connectivity index is 2.01. The summed E-state index contributed by atoms with van der Waals surface area (Å²) in [4.78, 5) is 27.3. The molecule has 7 heteroatoms. The molecule has 1 aromatic rings. The van der Waals surface area contributed by atoms with Crippen molar-refractivity contribution in [1.82, 2.24) is 9.88 Å². The summed E-state index contributed by atoms with van der Waals surface area (Å²) >= 11 is 0. The van der Waals surface area contributed by atoms with E-state index >= 15 is 0 Å². The van der Waals surface area contributed by atoms with Crippen LogP contribution in [0.1, 0.15) is 26.3 Å². The fraction of sp³-hybridized carbons (Fsp3) is 0.429. The Hall–Kier alpha value is -2.44. The number of hydrogen-bond donors (Lipinski definition) is 0. The number of hydrogen-bond acceptors (Lipinski definition) is 5. The average Bonchev–Trinajstić information content (AvgIpc) is 2.86. The second-order valence-corrected chi connectivity index (χ2v) is 5.75. The Kier molecular flexibility index (Phi) is 3.93. The number of nitro groups is 1. The summed E-state index contributed by atoms with van der Waals surface area (Å²) in [5, 5.41) is 10.6. The molecule has 2 heterocycles. The molecule has 0 saturated carbocycles. The smallest absolute Gasteiger partial charge is 0.410 e. The van der Waals surface area contributed by atoms with Gasteiger partial charge in [0.25, 0.3) is 0 Å². The lowest BCUT2D eigenvalue weighted by molar-refractivity contribution is -0.389. The van der Waals surface area contributed by atoms with Crippen molar-refractivity contribution in [1.29, 1.82) is 0 Å². The lowest BCUT2D eigenvalue weighted by Crippen LogP contribution is -2.35. The first-order valence-corrected chi connectivity index (χ1v) is 6.54. The standard InChI is InChI=1S/C14H17N3O4/c1-14(2,3)21-13(18)16-7-6-11(9-16)10-4-5-12(15-8-10)17(19)20/h4-6,8H,7,9H2,1-3H3. The zero-order valence-corrected chi connectivity index (χ0v) is 12.2. The van der Waals surface area contributed by atoms with Gasteiger partial charge in [0.05, 0.1) is 0 Å². The van der Waals surface area contributed by atoms with Crippen LogP contribution in [0.25, 0.3) is 5.57 Å². The Bertz CT molecular complexity index is 587. The van der Waals surface area contributed by atoms with Crippen LogP contribution in [0.2, 0.25) is 0 Å². The molecule has 0 fully saturated rings. The molecule has 1 aliphatic rings. The Morgan fingerprint density at radius 1 is 1.43 bits per heavy atom. The van der Waals surface area contributed by atoms with Crippen LogP contribution in [0.3, 0.4) is 0 Å². The zero-order valence-electron chi connectivity index (χ0n) is 12.2. The minimum atomic E-state index is -0.542. The van der Waals surface area contributed by atoms with Gasteiger partial charge in [-0.1, -0.05) is 6.08 Å². The number of amides is 1. The minimum absolute atomic E-state index is 0.193. The average molecular weight is 291 g/mol. The first-order valence-electron chi connectivity index (χ1n) is 6.54. The van der Waals surface area contributed by atoms with Crippen LogP contribution in [-0.2, 0) is 4.74 Å². The van der Waals surface area contributed by atoms with E-state index in [9.17, 15) is 14.9 Å². The molecule has 2 rings (SSSR count). The number of carbonyl (C=O) groups is 1. The molecule has 0 spiro atoms. The maximum Gasteiger partial charge on any atom is 0.410 e. The van der Waals surface area contributed by atoms with E-state index in [0.29, 0.717) is 13.1 Å². The summed E-state index contributed by atoms with van der Waals surface area (Å²) in [6.45, 7) is 6.32. The van der Waals surface area contributed by atoms with Crippen molar-refractivity contribution in [2.24, 2.45) is 0 Å². The molecule has 112 valence electrons. The summed E-state index contributed by atoms with van der Waals surface area (Å²) < 4.78 is 5.31. The summed E-state index contributed by atoms with van der Waals surface area (Å²) in [5.74, 6) is -0.193. The molecule has 0 saturated heterocycles. The fourth-order valence-corrected chi connectivity index (χ4v) is 1.91. The van der Waals surface area contributed by atoms with Crippen LogP contribution in [0.4, 0.5) is 10.6 Å². The normalized spacial score (nSPS) is 14.8. The lowest BCUT2D eigenvalue weighted by atomic mass is 10.1. The van der Waals surface area contributed by atoms with Gasteiger partial charge >= 0.3 is 11.9 Å². The quantitative estimate of drug-likeness (QED) is 0.617. The van der Waals surface area contributed by atoms with Crippen LogP contribution in [0, 0.1) is 10.1 Å². The molecule has 1 amide bonds. The highest BCUT2D eigenvalue weighted by molar-refractivity contribution is 5.77. The highest BCUT2D eigenvalue weighted by Crippen LogP contribution is 2.23. The Morgan fingerprint density at radius 3 is 2.67 bits per heavy atom. The van der Waals surface area contributed by atoms with Gasteiger partial charge in [-0.05, 0) is 42.3 Å². The Labute approximate surface area is 122 Å². The highest BCUT2D eigenvalue weighted by atomic mass is 16.6. The van der Waals surface area contributed by atoms with Crippen molar-refractivity contribution in [2.45, 2.75) is 26.4 Å². The number of ether oxygens (including phenoxy) is 1. The van der Waals surface area contributed by atoms with Crippen molar-refractivity contribution in [3.63, 3.8) is 0 Å². The molecule has 1 aromatic heterocycles. The molecule has 1 aliphatic heterocycles. The van der Waals surface area contributed by atoms with Gasteiger partial charge in [0, 0.05) is 24.7 Å². The van der Waals surface area contributed by atoms with Gasteiger partial charge in [-0.25, -0.2) is 4.79 Å². The van der Waals surface area contributed by atoms with Gasteiger partial charge in [0.1, 0.15) is 11.8 Å². The minimum Gasteiger partial charge on any atom is -0.444 e. The van der Waals surface area contributed by atoms with Crippen molar-refractivity contribution >= 4 is 17.5 Å². The second kappa shape index (κ2) is 5.51. The molecule has 0 bridgehead atoms. The molecule has 7 nitrogen and oxygen atoms in total. The first-order chi connectivity index (χ1) is 9.76. The molecule has 0 N–H and O–H groups in total. The van der Waals surface area contributed by atoms with E-state index in [1.807, 2.05) is 26.8 Å². The van der Waals surface area contributed by atoms with Gasteiger partial charge < -0.3 is 19.8 Å². The predicted octanol–water partition coefficient (Wildman–Crippen LogP) is 2.62. The molecular weight excluding hydrogens is 274 g/mol. The number of aromatic nitrogens is 1. The second-order valence-electron chi connectivity index (χ2n) is 5.75. The molecule has 0 atom stereocenters. The van der Waals surface area contributed by atoms with Gasteiger partial charge in [-0.2, -0.15) is 0 Å². The van der Waals surface area contributed by atoms with Crippen LogP contribution in [-0.4, -0.2) is 39.6 Å². The van der Waals surface area contributed by atoms with E-state index in [2.05, 4.69) is 4.98 Å². The predicted molar refractivity (Wildman–Crippen MR) is 76.7 cm³/mol. The third-order valence-corrected chi connectivity index (χ3v) is 2.88. The third-order valence-electron chi connectivity index (χ3n) is 2.88. The van der Waals surface area contributed by atoms with Gasteiger partial charge in [-0.15, -0.1) is 0 Å². The summed E-state index contributed by atoms with van der Waals surface area (Å²) in [6, 6.07) is 2.99. The number of pyridine rings is 1. The third kappa shape index (κ3) is 3.77. The van der Waals surface area contributed by atoms with E-state index in [1.54, 1.807) is 11.0 Å². The van der Waals surface area contributed by atoms with Crippen LogP contribution in [0.15, 0.2) is 24.4 Å². The fourth-order valence-electron chi connectivity index (χ4n) is 1.91. The highest BCUT2D eigenvalue weighted by Gasteiger charge is 2.26.